The number of nitriles is 1. The number of amides is 3. The Bertz CT molecular complexity index is 1570. The molecule has 6 atom stereocenters. The van der Waals surface area contributed by atoms with Crippen molar-refractivity contribution in [2.24, 2.45) is 11.8 Å². The average Bonchev–Trinajstić information content (AvgIpc) is 3.98. The first-order chi connectivity index (χ1) is 22.0. The number of piperidine rings is 1. The van der Waals surface area contributed by atoms with Gasteiger partial charge in [-0.1, -0.05) is 24.3 Å². The number of ether oxygens (including phenoxy) is 1. The van der Waals surface area contributed by atoms with Crippen LogP contribution in [0.5, 0.6) is 0 Å². The monoisotopic (exact) mass is 610 g/mol. The van der Waals surface area contributed by atoms with Crippen LogP contribution in [-0.4, -0.2) is 70.3 Å². The van der Waals surface area contributed by atoms with Gasteiger partial charge in [0, 0.05) is 43.7 Å². The van der Waals surface area contributed by atoms with Gasteiger partial charge in [0.25, 0.3) is 11.8 Å². The molecule has 3 amide bonds. The van der Waals surface area contributed by atoms with E-state index in [1.165, 1.54) is 11.1 Å². The number of hydrogen-bond donors (Lipinski definition) is 1. The van der Waals surface area contributed by atoms with Crippen molar-refractivity contribution in [1.29, 1.82) is 5.26 Å². The zero-order valence-electron chi connectivity index (χ0n) is 26.0. The summed E-state index contributed by atoms with van der Waals surface area (Å²) >= 11 is 0. The lowest BCUT2D eigenvalue weighted by Gasteiger charge is -2.39. The van der Waals surface area contributed by atoms with Gasteiger partial charge in [0.05, 0.1) is 12.1 Å². The maximum atomic E-state index is 14.5. The molecular weight excluding hydrogens is 568 g/mol. The number of nitrogens with zero attached hydrogens (tertiary/aromatic N) is 5. The lowest BCUT2D eigenvalue weighted by atomic mass is 9.80. The van der Waals surface area contributed by atoms with E-state index in [0.717, 1.165) is 56.9 Å². The largest absolute Gasteiger partial charge is 0.381 e. The van der Waals surface area contributed by atoms with E-state index in [9.17, 15) is 19.6 Å². The van der Waals surface area contributed by atoms with Crippen LogP contribution in [0.25, 0.3) is 0 Å². The van der Waals surface area contributed by atoms with Crippen molar-refractivity contribution in [1.82, 2.24) is 20.0 Å². The fourth-order valence-electron chi connectivity index (χ4n) is 8.88. The third-order valence-corrected chi connectivity index (χ3v) is 11.3. The summed E-state index contributed by atoms with van der Waals surface area (Å²) in [5.41, 5.74) is 3.72. The summed E-state index contributed by atoms with van der Waals surface area (Å²) in [4.78, 5) is 46.2. The Morgan fingerprint density at radius 3 is 2.64 bits per heavy atom. The molecule has 3 aliphatic heterocycles. The van der Waals surface area contributed by atoms with Gasteiger partial charge in [0.15, 0.2) is 5.69 Å². The molecular formula is C35H42N6O4. The molecule has 0 bridgehead atoms. The molecule has 1 unspecified atom stereocenters. The SMILES string of the molecule is CCN1C(=O)[C@@H](NC(=O)CC2CCCc3ccccc32)[C@@H](C2CC2)c2c(C(=O)N3[C@H](C#N)C[C@H]4C[C@H]43)nn(C3CCOCC3)c21. The van der Waals surface area contributed by atoms with E-state index in [1.54, 1.807) is 9.80 Å². The number of carbonyl (C=O) groups is 3. The van der Waals surface area contributed by atoms with E-state index in [4.69, 9.17) is 9.84 Å². The zero-order chi connectivity index (χ0) is 30.8. The molecule has 4 fully saturated rings. The summed E-state index contributed by atoms with van der Waals surface area (Å²) in [5, 5.41) is 18.2. The molecule has 10 heteroatoms. The minimum atomic E-state index is -0.755. The third-order valence-electron chi connectivity index (χ3n) is 11.3. The maximum absolute atomic E-state index is 14.5. The van der Waals surface area contributed by atoms with Crippen LogP contribution in [0.1, 0.15) is 110 Å². The average molecular weight is 611 g/mol. The highest BCUT2D eigenvalue weighted by atomic mass is 16.5. The second-order valence-corrected chi connectivity index (χ2v) is 14.0. The molecule has 2 saturated heterocycles. The predicted octanol–water partition coefficient (Wildman–Crippen LogP) is 4.22. The molecule has 0 radical (unpaired) electrons. The van der Waals surface area contributed by atoms with E-state index in [0.29, 0.717) is 50.0 Å². The van der Waals surface area contributed by atoms with Gasteiger partial charge in [-0.25, -0.2) is 4.68 Å². The lowest BCUT2D eigenvalue weighted by molar-refractivity contribution is -0.129. The van der Waals surface area contributed by atoms with Crippen LogP contribution >= 0.6 is 0 Å². The number of aromatic nitrogens is 2. The van der Waals surface area contributed by atoms with Crippen molar-refractivity contribution in [2.45, 2.75) is 107 Å². The quantitative estimate of drug-likeness (QED) is 0.502. The standard InChI is InChI=1S/C35H42N6O4/c1-2-39-33-30(32(38-41(33)24-12-14-45-15-13-24)35(44)40-25(19-36)16-23-17-27(23)40)29(21-10-11-21)31(34(39)43)37-28(42)18-22-8-5-7-20-6-3-4-9-26(20)22/h3-4,6,9,21-25,27,29,31H,2,5,7-8,10-18H2,1H3,(H,37,42)/t22?,23-,25-,27+,29-,31-/m0/s1. The zero-order valence-corrected chi connectivity index (χ0v) is 26.0. The van der Waals surface area contributed by atoms with E-state index in [-0.39, 0.29) is 47.6 Å². The fraction of sp³-hybridized carbons (Fsp3) is 0.629. The van der Waals surface area contributed by atoms with Crippen molar-refractivity contribution < 1.29 is 19.1 Å². The maximum Gasteiger partial charge on any atom is 0.276 e. The fourth-order valence-corrected chi connectivity index (χ4v) is 8.88. The van der Waals surface area contributed by atoms with Gasteiger partial charge in [0.2, 0.25) is 5.91 Å². The summed E-state index contributed by atoms with van der Waals surface area (Å²) in [6.07, 6.45) is 8.40. The Hall–Kier alpha value is -3.71. The van der Waals surface area contributed by atoms with Crippen LogP contribution in [0.15, 0.2) is 24.3 Å². The number of likely N-dealkylation sites (N-methyl/N-ethyl adjacent to an activating group) is 1. The minimum Gasteiger partial charge on any atom is -0.381 e. The Balaban J connectivity index is 1.17. The molecule has 45 heavy (non-hydrogen) atoms. The van der Waals surface area contributed by atoms with Crippen molar-refractivity contribution >= 4 is 23.5 Å². The molecule has 6 aliphatic rings. The molecule has 3 aliphatic carbocycles. The number of rotatable bonds is 7. The molecule has 8 rings (SSSR count). The number of fused-ring (bicyclic) bond motifs is 3. The summed E-state index contributed by atoms with van der Waals surface area (Å²) in [7, 11) is 0. The first kappa shape index (κ1) is 28.7. The highest BCUT2D eigenvalue weighted by Crippen LogP contribution is 2.54. The summed E-state index contributed by atoms with van der Waals surface area (Å²) in [6, 6.07) is 9.64. The van der Waals surface area contributed by atoms with E-state index >= 15 is 0 Å². The normalized spacial score (nSPS) is 30.7. The van der Waals surface area contributed by atoms with Crippen LogP contribution in [-0.2, 0) is 20.7 Å². The smallest absolute Gasteiger partial charge is 0.276 e. The first-order valence-corrected chi connectivity index (χ1v) is 17.1. The summed E-state index contributed by atoms with van der Waals surface area (Å²) < 4.78 is 7.59. The van der Waals surface area contributed by atoms with Crippen LogP contribution in [0, 0.1) is 23.2 Å². The van der Waals surface area contributed by atoms with Crippen molar-refractivity contribution in [2.75, 3.05) is 24.7 Å². The van der Waals surface area contributed by atoms with Gasteiger partial charge >= 0.3 is 0 Å². The number of nitrogens with one attached hydrogen (secondary N) is 1. The molecule has 1 aromatic heterocycles. The van der Waals surface area contributed by atoms with Gasteiger partial charge < -0.3 is 15.0 Å². The van der Waals surface area contributed by atoms with Gasteiger partial charge in [-0.15, -0.1) is 0 Å². The van der Waals surface area contributed by atoms with E-state index < -0.39 is 12.1 Å². The molecule has 2 aromatic rings. The van der Waals surface area contributed by atoms with Crippen LogP contribution in [0.3, 0.4) is 0 Å². The topological polar surface area (TPSA) is 121 Å². The molecule has 2 saturated carbocycles. The number of anilines is 1. The molecule has 10 nitrogen and oxygen atoms in total. The third kappa shape index (κ3) is 4.86. The summed E-state index contributed by atoms with van der Waals surface area (Å²) in [5.74, 6) is 0.643. The number of hydrogen-bond acceptors (Lipinski definition) is 6. The van der Waals surface area contributed by atoms with Crippen LogP contribution in [0.2, 0.25) is 0 Å². The second-order valence-electron chi connectivity index (χ2n) is 14.0. The van der Waals surface area contributed by atoms with Crippen LogP contribution < -0.4 is 10.2 Å². The predicted molar refractivity (Wildman–Crippen MR) is 166 cm³/mol. The Labute approximate surface area is 264 Å². The van der Waals surface area contributed by atoms with Gasteiger partial charge in [0.1, 0.15) is 17.9 Å². The van der Waals surface area contributed by atoms with E-state index in [2.05, 4.69) is 29.6 Å². The molecule has 0 spiro atoms. The molecule has 236 valence electrons. The van der Waals surface area contributed by atoms with Crippen molar-refractivity contribution in [3.8, 4) is 6.07 Å². The van der Waals surface area contributed by atoms with E-state index in [1.807, 2.05) is 17.7 Å². The number of likely N-dealkylation sites (tertiary alicyclic amines) is 1. The minimum absolute atomic E-state index is 0.00674. The van der Waals surface area contributed by atoms with Crippen LogP contribution in [0.4, 0.5) is 5.82 Å². The Morgan fingerprint density at radius 2 is 1.89 bits per heavy atom. The highest BCUT2D eigenvalue weighted by Gasteiger charge is 2.57. The van der Waals surface area contributed by atoms with Crippen molar-refractivity contribution in [3.05, 3.63) is 46.6 Å². The second kappa shape index (κ2) is 11.3. The van der Waals surface area contributed by atoms with Gasteiger partial charge in [-0.05, 0) is 93.6 Å². The number of benzene rings is 1. The first-order valence-electron chi connectivity index (χ1n) is 17.1. The van der Waals surface area contributed by atoms with Crippen molar-refractivity contribution in [3.63, 3.8) is 0 Å². The molecule has 1 N–H and O–H groups in total. The lowest BCUT2D eigenvalue weighted by Crippen LogP contribution is -2.56. The molecule has 1 aromatic carbocycles. The molecule has 4 heterocycles. The van der Waals surface area contributed by atoms with Gasteiger partial charge in [-0.2, -0.15) is 10.4 Å². The Kier molecular flexibility index (Phi) is 7.20. The van der Waals surface area contributed by atoms with Gasteiger partial charge in [-0.3, -0.25) is 19.3 Å². The summed E-state index contributed by atoms with van der Waals surface area (Å²) in [6.45, 7) is 3.55. The number of aryl methyl sites for hydroxylation is 1. The highest BCUT2D eigenvalue weighted by molar-refractivity contribution is 6.05. The Morgan fingerprint density at radius 1 is 1.09 bits per heavy atom. The number of carbonyl (C=O) groups excluding carboxylic acids is 3.